The van der Waals surface area contributed by atoms with Crippen LogP contribution in [0.25, 0.3) is 0 Å². The zero-order valence-electron chi connectivity index (χ0n) is 12.3. The maximum Gasteiger partial charge on any atom is 0.431 e. The van der Waals surface area contributed by atoms with Crippen LogP contribution in [0.2, 0.25) is 0 Å². The van der Waals surface area contributed by atoms with Gasteiger partial charge in [0.1, 0.15) is 18.5 Å². The van der Waals surface area contributed by atoms with Crippen LogP contribution in [0.1, 0.15) is 5.56 Å². The van der Waals surface area contributed by atoms with Crippen LogP contribution < -0.4 is 4.74 Å². The fraction of sp³-hybridized carbons (Fsp3) is 0.467. The smallest absolute Gasteiger partial charge is 0.431 e. The first-order chi connectivity index (χ1) is 10.7. The highest BCUT2D eigenvalue weighted by molar-refractivity contribution is 5.26. The third kappa shape index (κ3) is 5.11. The van der Waals surface area contributed by atoms with Crippen molar-refractivity contribution in [3.05, 3.63) is 29.8 Å². The summed E-state index contributed by atoms with van der Waals surface area (Å²) >= 11 is 0. The lowest BCUT2D eigenvalue weighted by atomic mass is 9.97. The average Bonchev–Trinajstić information content (AvgIpc) is 2.53. The highest BCUT2D eigenvalue weighted by Crippen LogP contribution is 2.32. The fourth-order valence-electron chi connectivity index (χ4n) is 1.59. The van der Waals surface area contributed by atoms with Crippen molar-refractivity contribution in [1.82, 2.24) is 0 Å². The maximum absolute atomic E-state index is 12.7. The van der Waals surface area contributed by atoms with Crippen molar-refractivity contribution in [3.8, 4) is 17.6 Å². The van der Waals surface area contributed by atoms with Crippen LogP contribution in [-0.2, 0) is 11.3 Å². The monoisotopic (exact) mass is 334 g/mol. The number of rotatable bonds is 6. The van der Waals surface area contributed by atoms with E-state index in [-0.39, 0.29) is 13.2 Å². The first-order valence-corrected chi connectivity index (χ1v) is 6.53. The fourth-order valence-corrected chi connectivity index (χ4v) is 1.59. The van der Waals surface area contributed by atoms with E-state index in [1.54, 1.807) is 24.3 Å². The minimum absolute atomic E-state index is 0.103. The minimum atomic E-state index is -5.21. The molecule has 1 aromatic rings. The minimum Gasteiger partial charge on any atom is -0.497 e. The van der Waals surface area contributed by atoms with E-state index in [1.165, 1.54) is 13.0 Å². The molecule has 0 saturated carbocycles. The first-order valence-electron chi connectivity index (χ1n) is 6.53. The number of hydrogen-bond donors (Lipinski definition) is 3. The Morgan fingerprint density at radius 1 is 1.22 bits per heavy atom. The lowest BCUT2D eigenvalue weighted by Crippen LogP contribution is -2.55. The lowest BCUT2D eigenvalue weighted by Gasteiger charge is -2.28. The molecule has 0 heterocycles. The van der Waals surface area contributed by atoms with Crippen LogP contribution in [0.15, 0.2) is 24.3 Å². The van der Waals surface area contributed by atoms with Crippen molar-refractivity contribution in [3.63, 3.8) is 0 Å². The molecule has 0 saturated heterocycles. The maximum atomic E-state index is 12.7. The first kappa shape index (κ1) is 19.3. The van der Waals surface area contributed by atoms with Gasteiger partial charge in [-0.05, 0) is 17.7 Å². The Labute approximate surface area is 131 Å². The molecule has 0 aliphatic rings. The number of halogens is 3. The van der Waals surface area contributed by atoms with Crippen LogP contribution in [0.4, 0.5) is 13.2 Å². The zero-order chi connectivity index (χ0) is 17.5. The van der Waals surface area contributed by atoms with E-state index in [0.29, 0.717) is 5.75 Å². The van der Waals surface area contributed by atoms with Crippen molar-refractivity contribution in [2.75, 3.05) is 20.3 Å². The molecular weight excluding hydrogens is 317 g/mol. The van der Waals surface area contributed by atoms with Crippen LogP contribution in [-0.4, -0.2) is 53.5 Å². The van der Waals surface area contributed by atoms with Crippen molar-refractivity contribution < 1.29 is 38.0 Å². The Morgan fingerprint density at radius 2 is 1.83 bits per heavy atom. The van der Waals surface area contributed by atoms with E-state index in [0.717, 1.165) is 5.56 Å². The quantitative estimate of drug-likeness (QED) is 0.531. The molecule has 0 bridgehead atoms. The molecule has 1 rings (SSSR count). The Morgan fingerprint density at radius 3 is 2.30 bits per heavy atom. The Bertz CT molecular complexity index is 547. The van der Waals surface area contributed by atoms with Crippen LogP contribution in [0.3, 0.4) is 0 Å². The van der Waals surface area contributed by atoms with Crippen molar-refractivity contribution in [1.29, 1.82) is 0 Å². The summed E-state index contributed by atoms with van der Waals surface area (Å²) in [5.41, 5.74) is -2.94. The van der Waals surface area contributed by atoms with Gasteiger partial charge in [0.05, 0.1) is 20.3 Å². The second kappa shape index (κ2) is 8.17. The van der Waals surface area contributed by atoms with E-state index in [4.69, 9.17) is 19.7 Å². The van der Waals surface area contributed by atoms with Gasteiger partial charge in [0.25, 0.3) is 0 Å². The number of aliphatic hydroxyl groups excluding tert-OH is 2. The second-order valence-electron chi connectivity index (χ2n) is 4.61. The van der Waals surface area contributed by atoms with Gasteiger partial charge in [-0.3, -0.25) is 0 Å². The molecule has 128 valence electrons. The molecule has 0 unspecified atom stereocenters. The SMILES string of the molecule is COc1ccc(COCC#C[C@@](O)([C@H](O)CO)C(F)(F)F)cc1. The number of methoxy groups -OCH3 is 1. The van der Waals surface area contributed by atoms with Crippen LogP contribution in [0, 0.1) is 11.8 Å². The molecule has 5 nitrogen and oxygen atoms in total. The van der Waals surface area contributed by atoms with E-state index >= 15 is 0 Å². The van der Waals surface area contributed by atoms with Gasteiger partial charge in [0.2, 0.25) is 5.60 Å². The lowest BCUT2D eigenvalue weighted by molar-refractivity contribution is -0.268. The van der Waals surface area contributed by atoms with Crippen molar-refractivity contribution >= 4 is 0 Å². The number of hydrogen-bond acceptors (Lipinski definition) is 5. The summed E-state index contributed by atoms with van der Waals surface area (Å²) in [5.74, 6) is 4.17. The number of aliphatic hydroxyl groups is 3. The summed E-state index contributed by atoms with van der Waals surface area (Å²) < 4.78 is 48.2. The van der Waals surface area contributed by atoms with E-state index in [1.807, 2.05) is 5.92 Å². The summed E-state index contributed by atoms with van der Waals surface area (Å²) in [5, 5.41) is 27.1. The number of benzene rings is 1. The molecule has 1 aromatic carbocycles. The Hall–Kier alpha value is -1.79. The largest absolute Gasteiger partial charge is 0.497 e. The summed E-state index contributed by atoms with van der Waals surface area (Å²) in [6, 6.07) is 6.83. The van der Waals surface area contributed by atoms with Crippen LogP contribution in [0.5, 0.6) is 5.75 Å². The highest BCUT2D eigenvalue weighted by atomic mass is 19.4. The number of alkyl halides is 3. The van der Waals surface area contributed by atoms with Gasteiger partial charge in [-0.1, -0.05) is 24.0 Å². The molecule has 0 fully saturated rings. The van der Waals surface area contributed by atoms with Crippen molar-refractivity contribution in [2.24, 2.45) is 0 Å². The topological polar surface area (TPSA) is 79.2 Å². The molecule has 0 aromatic heterocycles. The molecule has 0 amide bonds. The standard InChI is InChI=1S/C15H17F3O5/c1-22-12-5-3-11(4-6-12)10-23-8-2-7-14(21,13(20)9-19)15(16,17)18/h3-6,13,19-21H,8-10H2,1H3/t13-,14-/m1/s1. The molecule has 0 aliphatic carbocycles. The molecule has 23 heavy (non-hydrogen) atoms. The van der Waals surface area contributed by atoms with Gasteiger partial charge >= 0.3 is 6.18 Å². The third-order valence-corrected chi connectivity index (χ3v) is 2.97. The van der Waals surface area contributed by atoms with Gasteiger partial charge in [0, 0.05) is 0 Å². The average molecular weight is 334 g/mol. The summed E-state index contributed by atoms with van der Waals surface area (Å²) in [4.78, 5) is 0. The third-order valence-electron chi connectivity index (χ3n) is 2.97. The van der Waals surface area contributed by atoms with E-state index in [2.05, 4.69) is 0 Å². The van der Waals surface area contributed by atoms with Gasteiger partial charge < -0.3 is 24.8 Å². The zero-order valence-corrected chi connectivity index (χ0v) is 12.3. The van der Waals surface area contributed by atoms with Gasteiger partial charge in [0.15, 0.2) is 0 Å². The normalized spacial score (nSPS) is 15.3. The molecule has 0 radical (unpaired) electrons. The molecule has 0 aliphatic heterocycles. The summed E-state index contributed by atoms with van der Waals surface area (Å²) in [7, 11) is 1.52. The predicted octanol–water partition coefficient (Wildman–Crippen LogP) is 0.862. The predicted molar refractivity (Wildman–Crippen MR) is 74.5 cm³/mol. The Kier molecular flexibility index (Phi) is 6.84. The van der Waals surface area contributed by atoms with Crippen LogP contribution >= 0.6 is 0 Å². The summed E-state index contributed by atoms with van der Waals surface area (Å²) in [6.45, 7) is -1.56. The molecule has 0 spiro atoms. The second-order valence-corrected chi connectivity index (χ2v) is 4.61. The molecule has 8 heteroatoms. The van der Waals surface area contributed by atoms with Gasteiger partial charge in [-0.15, -0.1) is 0 Å². The van der Waals surface area contributed by atoms with Gasteiger partial charge in [-0.2, -0.15) is 13.2 Å². The highest BCUT2D eigenvalue weighted by Gasteiger charge is 2.57. The molecule has 3 N–H and O–H groups in total. The van der Waals surface area contributed by atoms with Gasteiger partial charge in [-0.25, -0.2) is 0 Å². The number of ether oxygens (including phenoxy) is 2. The van der Waals surface area contributed by atoms with E-state index in [9.17, 15) is 18.3 Å². The summed E-state index contributed by atoms with van der Waals surface area (Å²) in [6.07, 6.45) is -7.67. The van der Waals surface area contributed by atoms with E-state index < -0.39 is 24.5 Å². The Balaban J connectivity index is 2.61. The van der Waals surface area contributed by atoms with Crippen molar-refractivity contribution in [2.45, 2.75) is 24.5 Å². The molecular formula is C15H17F3O5. The molecule has 2 atom stereocenters.